The molecule has 7 heteroatoms. The van der Waals surface area contributed by atoms with E-state index in [0.717, 1.165) is 46.4 Å². The van der Waals surface area contributed by atoms with Crippen LogP contribution in [0.2, 0.25) is 0 Å². The quantitative estimate of drug-likeness (QED) is 0.584. The van der Waals surface area contributed by atoms with Crippen molar-refractivity contribution in [2.45, 2.75) is 6.92 Å². The smallest absolute Gasteiger partial charge is 0.251 e. The van der Waals surface area contributed by atoms with Gasteiger partial charge in [0.15, 0.2) is 0 Å². The van der Waals surface area contributed by atoms with Crippen LogP contribution in [0, 0.1) is 6.92 Å². The number of anilines is 1. The minimum absolute atomic E-state index is 0.429. The van der Waals surface area contributed by atoms with Crippen molar-refractivity contribution in [3.63, 3.8) is 0 Å². The Labute approximate surface area is 167 Å². The zero-order chi connectivity index (χ0) is 20.0. The molecule has 2 N–H and O–H groups in total. The van der Waals surface area contributed by atoms with Gasteiger partial charge in [0.25, 0.3) is 5.91 Å². The summed E-state index contributed by atoms with van der Waals surface area (Å²) in [5.41, 5.74) is 11.6. The van der Waals surface area contributed by atoms with Gasteiger partial charge in [0.05, 0.1) is 35.5 Å². The Morgan fingerprint density at radius 3 is 2.76 bits per heavy atom. The second-order valence-corrected chi connectivity index (χ2v) is 7.24. The van der Waals surface area contributed by atoms with Gasteiger partial charge < -0.3 is 15.4 Å². The molecule has 1 amide bonds. The Bertz CT molecular complexity index is 1240. The zero-order valence-corrected chi connectivity index (χ0v) is 16.1. The van der Waals surface area contributed by atoms with Crippen molar-refractivity contribution in [1.29, 1.82) is 0 Å². The first-order chi connectivity index (χ1) is 14.1. The third-order valence-corrected chi connectivity index (χ3v) is 5.49. The van der Waals surface area contributed by atoms with Crippen LogP contribution in [0.5, 0.6) is 0 Å². The topological polar surface area (TPSA) is 86.3 Å². The van der Waals surface area contributed by atoms with E-state index >= 15 is 0 Å². The van der Waals surface area contributed by atoms with Gasteiger partial charge in [-0.2, -0.15) is 0 Å². The molecule has 0 spiro atoms. The van der Waals surface area contributed by atoms with Gasteiger partial charge in [0.1, 0.15) is 11.8 Å². The number of morpholine rings is 1. The summed E-state index contributed by atoms with van der Waals surface area (Å²) in [6.45, 7) is 4.94. The van der Waals surface area contributed by atoms with E-state index in [9.17, 15) is 4.79 Å². The molecule has 0 bridgehead atoms. The van der Waals surface area contributed by atoms with Crippen LogP contribution >= 0.6 is 0 Å². The van der Waals surface area contributed by atoms with Gasteiger partial charge in [-0.3, -0.25) is 14.3 Å². The molecule has 0 atom stereocenters. The van der Waals surface area contributed by atoms with E-state index in [1.807, 2.05) is 28.8 Å². The van der Waals surface area contributed by atoms with Gasteiger partial charge in [-0.05, 0) is 36.8 Å². The van der Waals surface area contributed by atoms with Gasteiger partial charge in [0, 0.05) is 30.4 Å². The second kappa shape index (κ2) is 6.86. The fourth-order valence-corrected chi connectivity index (χ4v) is 4.05. The minimum Gasteiger partial charge on any atom is -0.378 e. The van der Waals surface area contributed by atoms with Gasteiger partial charge >= 0.3 is 0 Å². The van der Waals surface area contributed by atoms with Crippen molar-refractivity contribution in [3.8, 4) is 5.69 Å². The van der Waals surface area contributed by atoms with E-state index < -0.39 is 5.91 Å². The van der Waals surface area contributed by atoms with E-state index in [1.54, 1.807) is 12.5 Å². The van der Waals surface area contributed by atoms with E-state index in [4.69, 9.17) is 10.5 Å². The van der Waals surface area contributed by atoms with Crippen LogP contribution in [0.15, 0.2) is 48.9 Å². The molecule has 4 aromatic rings. The fourth-order valence-electron chi connectivity index (χ4n) is 4.05. The fraction of sp³-hybridized carbons (Fsp3) is 0.227. The molecule has 3 heterocycles. The molecule has 0 saturated carbocycles. The van der Waals surface area contributed by atoms with Crippen molar-refractivity contribution in [1.82, 2.24) is 14.5 Å². The maximum Gasteiger partial charge on any atom is 0.251 e. The van der Waals surface area contributed by atoms with Crippen LogP contribution in [0.4, 0.5) is 5.69 Å². The highest BCUT2D eigenvalue weighted by Gasteiger charge is 2.19. The van der Waals surface area contributed by atoms with Crippen LogP contribution in [0.1, 0.15) is 15.9 Å². The lowest BCUT2D eigenvalue weighted by atomic mass is 10.1. The summed E-state index contributed by atoms with van der Waals surface area (Å²) in [5, 5.41) is 1.06. The highest BCUT2D eigenvalue weighted by Crippen LogP contribution is 2.31. The standard InChI is InChI=1S/C22H21N5O2/c1-14-3-2-4-17-20(14)18(5-6-24-17)27-13-25-21-16(22(23)28)11-15(12-19(21)27)26-7-9-29-10-8-26/h2-6,11-13H,7-10H2,1H3,(H2,23,28). The number of rotatable bonds is 3. The zero-order valence-electron chi connectivity index (χ0n) is 16.1. The average molecular weight is 387 g/mol. The Hall–Kier alpha value is -3.45. The highest BCUT2D eigenvalue weighted by atomic mass is 16.5. The SMILES string of the molecule is Cc1cccc2nccc(-n3cnc4c(C(N)=O)cc(N5CCOCC5)cc43)c12. The molecule has 2 aromatic carbocycles. The Morgan fingerprint density at radius 1 is 1.14 bits per heavy atom. The summed E-state index contributed by atoms with van der Waals surface area (Å²) in [6.07, 6.45) is 3.55. The van der Waals surface area contributed by atoms with Gasteiger partial charge in [-0.15, -0.1) is 0 Å². The van der Waals surface area contributed by atoms with E-state index in [2.05, 4.69) is 33.9 Å². The van der Waals surface area contributed by atoms with E-state index in [1.165, 1.54) is 0 Å². The largest absolute Gasteiger partial charge is 0.378 e. The first-order valence-corrected chi connectivity index (χ1v) is 9.62. The molecule has 1 aliphatic heterocycles. The lowest BCUT2D eigenvalue weighted by Crippen LogP contribution is -2.36. The predicted octanol–water partition coefficient (Wildman–Crippen LogP) is 2.82. The maximum atomic E-state index is 12.2. The van der Waals surface area contributed by atoms with Crippen LogP contribution < -0.4 is 10.6 Å². The number of pyridine rings is 1. The summed E-state index contributed by atoms with van der Waals surface area (Å²) < 4.78 is 7.48. The number of aryl methyl sites for hydroxylation is 1. The molecule has 1 aliphatic rings. The molecule has 7 nitrogen and oxygen atoms in total. The van der Waals surface area contributed by atoms with Crippen LogP contribution in [0.3, 0.4) is 0 Å². The van der Waals surface area contributed by atoms with Gasteiger partial charge in [-0.25, -0.2) is 4.98 Å². The van der Waals surface area contributed by atoms with Crippen LogP contribution in [0.25, 0.3) is 27.6 Å². The lowest BCUT2D eigenvalue weighted by molar-refractivity contribution is 0.100. The molecular formula is C22H21N5O2. The van der Waals surface area contributed by atoms with Crippen LogP contribution in [-0.2, 0) is 4.74 Å². The molecule has 2 aromatic heterocycles. The van der Waals surface area contributed by atoms with Crippen molar-refractivity contribution in [3.05, 3.63) is 60.0 Å². The van der Waals surface area contributed by atoms with E-state index in [-0.39, 0.29) is 0 Å². The number of benzene rings is 2. The summed E-state index contributed by atoms with van der Waals surface area (Å²) in [6, 6.07) is 12.0. The summed E-state index contributed by atoms with van der Waals surface area (Å²) in [5.74, 6) is -0.480. The number of hydrogen-bond acceptors (Lipinski definition) is 5. The predicted molar refractivity (Wildman–Crippen MR) is 113 cm³/mol. The number of nitrogens with two attached hydrogens (primary N) is 1. The number of carbonyl (C=O) groups is 1. The van der Waals surface area contributed by atoms with Crippen molar-refractivity contribution < 1.29 is 9.53 Å². The molecule has 0 aliphatic carbocycles. The highest BCUT2D eigenvalue weighted by molar-refractivity contribution is 6.06. The molecule has 29 heavy (non-hydrogen) atoms. The van der Waals surface area contributed by atoms with E-state index in [0.29, 0.717) is 24.3 Å². The van der Waals surface area contributed by atoms with Crippen LogP contribution in [-0.4, -0.2) is 46.7 Å². The monoisotopic (exact) mass is 387 g/mol. The Morgan fingerprint density at radius 2 is 1.97 bits per heavy atom. The molecule has 0 unspecified atom stereocenters. The number of aromatic nitrogens is 3. The lowest BCUT2D eigenvalue weighted by Gasteiger charge is -2.29. The number of ether oxygens (including phenoxy) is 1. The molecule has 1 fully saturated rings. The molecule has 5 rings (SSSR count). The first kappa shape index (κ1) is 17.6. The number of imidazole rings is 1. The molecule has 0 radical (unpaired) electrons. The Kier molecular flexibility index (Phi) is 4.17. The van der Waals surface area contributed by atoms with Gasteiger partial charge in [-0.1, -0.05) is 12.1 Å². The Balaban J connectivity index is 1.78. The third-order valence-electron chi connectivity index (χ3n) is 5.49. The molecule has 1 saturated heterocycles. The minimum atomic E-state index is -0.480. The second-order valence-electron chi connectivity index (χ2n) is 7.24. The summed E-state index contributed by atoms with van der Waals surface area (Å²) in [7, 11) is 0. The number of primary amides is 1. The maximum absolute atomic E-state index is 12.2. The van der Waals surface area contributed by atoms with Gasteiger partial charge in [0.2, 0.25) is 0 Å². The first-order valence-electron chi connectivity index (χ1n) is 9.62. The number of fused-ring (bicyclic) bond motifs is 2. The van der Waals surface area contributed by atoms with Crippen molar-refractivity contribution in [2.24, 2.45) is 5.73 Å². The third kappa shape index (κ3) is 2.91. The molecular weight excluding hydrogens is 366 g/mol. The number of nitrogens with zero attached hydrogens (tertiary/aromatic N) is 4. The summed E-state index contributed by atoms with van der Waals surface area (Å²) in [4.78, 5) is 23.4. The van der Waals surface area contributed by atoms with Crippen molar-refractivity contribution in [2.75, 3.05) is 31.2 Å². The number of hydrogen-bond donors (Lipinski definition) is 1. The number of amides is 1. The molecule has 146 valence electrons. The summed E-state index contributed by atoms with van der Waals surface area (Å²) >= 11 is 0. The number of carbonyl (C=O) groups excluding carboxylic acids is 1. The van der Waals surface area contributed by atoms with Crippen molar-refractivity contribution >= 4 is 33.5 Å². The normalized spacial score (nSPS) is 14.6. The average Bonchev–Trinajstić information content (AvgIpc) is 3.17.